The van der Waals surface area contributed by atoms with Gasteiger partial charge in [-0.25, -0.2) is 0 Å². The van der Waals surface area contributed by atoms with E-state index in [1.165, 1.54) is 0 Å². The van der Waals surface area contributed by atoms with E-state index in [4.69, 9.17) is 17.3 Å². The molecule has 19 heavy (non-hydrogen) atoms. The Hall–Kier alpha value is -2.00. The molecule has 0 aliphatic carbocycles. The summed E-state index contributed by atoms with van der Waals surface area (Å²) in [5, 5.41) is 3.20. The average Bonchev–Trinajstić information content (AvgIpc) is 2.37. The number of nitrogens with one attached hydrogen (secondary N) is 1. The lowest BCUT2D eigenvalue weighted by molar-refractivity contribution is 0.102. The van der Waals surface area contributed by atoms with Crippen molar-refractivity contribution >= 4 is 28.9 Å². The number of amides is 1. The van der Waals surface area contributed by atoms with Crippen molar-refractivity contribution in [3.05, 3.63) is 58.1 Å². The smallest absolute Gasteiger partial charge is 0.256 e. The number of para-hydroxylation sites is 1. The van der Waals surface area contributed by atoms with Crippen molar-refractivity contribution in [2.24, 2.45) is 0 Å². The van der Waals surface area contributed by atoms with Gasteiger partial charge >= 0.3 is 0 Å². The number of carbonyl (C=O) groups excluding carboxylic acids is 1. The molecule has 0 aromatic heterocycles. The summed E-state index contributed by atoms with van der Waals surface area (Å²) >= 11 is 6.04. The van der Waals surface area contributed by atoms with E-state index < -0.39 is 0 Å². The molecule has 3 N–H and O–H groups in total. The molecule has 2 rings (SSSR count). The van der Waals surface area contributed by atoms with Crippen LogP contribution in [-0.2, 0) is 0 Å². The van der Waals surface area contributed by atoms with Crippen LogP contribution in [0.3, 0.4) is 0 Å². The molecule has 0 spiro atoms. The van der Waals surface area contributed by atoms with Crippen LogP contribution in [0.1, 0.15) is 21.5 Å². The molecule has 4 heteroatoms. The van der Waals surface area contributed by atoms with Crippen molar-refractivity contribution in [3.8, 4) is 0 Å². The van der Waals surface area contributed by atoms with E-state index in [9.17, 15) is 4.79 Å². The first-order chi connectivity index (χ1) is 9.00. The van der Waals surface area contributed by atoms with E-state index in [1.54, 1.807) is 24.3 Å². The highest BCUT2D eigenvalue weighted by atomic mass is 35.5. The quantitative estimate of drug-likeness (QED) is 0.819. The van der Waals surface area contributed by atoms with Crippen LogP contribution in [0.4, 0.5) is 11.4 Å². The Morgan fingerprint density at radius 1 is 1.16 bits per heavy atom. The van der Waals surface area contributed by atoms with Crippen LogP contribution in [0.2, 0.25) is 5.02 Å². The molecular formula is C15H15ClN2O. The first-order valence-electron chi connectivity index (χ1n) is 5.92. The topological polar surface area (TPSA) is 55.1 Å². The van der Waals surface area contributed by atoms with Gasteiger partial charge in [0.25, 0.3) is 5.91 Å². The molecule has 0 atom stereocenters. The molecule has 0 unspecified atom stereocenters. The Balaban J connectivity index is 2.34. The number of anilines is 2. The summed E-state index contributed by atoms with van der Waals surface area (Å²) in [6.07, 6.45) is 0. The van der Waals surface area contributed by atoms with Gasteiger partial charge in [0.15, 0.2) is 0 Å². The number of hydrogen-bond acceptors (Lipinski definition) is 2. The zero-order chi connectivity index (χ0) is 14.0. The fourth-order valence-electron chi connectivity index (χ4n) is 1.85. The number of aryl methyl sites for hydroxylation is 1. The highest BCUT2D eigenvalue weighted by molar-refractivity contribution is 6.34. The van der Waals surface area contributed by atoms with Crippen LogP contribution in [0.5, 0.6) is 0 Å². The Bertz CT molecular complexity index is 618. The summed E-state index contributed by atoms with van der Waals surface area (Å²) in [6, 6.07) is 10.7. The van der Waals surface area contributed by atoms with Crippen molar-refractivity contribution in [2.45, 2.75) is 13.8 Å². The second-order valence-electron chi connectivity index (χ2n) is 4.41. The van der Waals surface area contributed by atoms with Gasteiger partial charge in [-0.15, -0.1) is 0 Å². The second-order valence-corrected chi connectivity index (χ2v) is 4.81. The predicted molar refractivity (Wildman–Crippen MR) is 79.7 cm³/mol. The zero-order valence-electron chi connectivity index (χ0n) is 10.8. The number of carbonyl (C=O) groups is 1. The predicted octanol–water partition coefficient (Wildman–Crippen LogP) is 3.79. The lowest BCUT2D eigenvalue weighted by Crippen LogP contribution is -2.15. The summed E-state index contributed by atoms with van der Waals surface area (Å²) in [5.74, 6) is -0.207. The second kappa shape index (κ2) is 5.33. The third-order valence-corrected chi connectivity index (χ3v) is 3.45. The zero-order valence-corrected chi connectivity index (χ0v) is 11.6. The van der Waals surface area contributed by atoms with Crippen LogP contribution in [0.15, 0.2) is 36.4 Å². The van der Waals surface area contributed by atoms with E-state index >= 15 is 0 Å². The number of rotatable bonds is 2. The molecule has 98 valence electrons. The van der Waals surface area contributed by atoms with E-state index in [0.717, 1.165) is 11.1 Å². The van der Waals surface area contributed by atoms with Gasteiger partial charge in [0.1, 0.15) is 0 Å². The maximum absolute atomic E-state index is 12.3. The molecule has 1 amide bonds. The normalized spacial score (nSPS) is 10.3. The highest BCUT2D eigenvalue weighted by Crippen LogP contribution is 2.28. The first kappa shape index (κ1) is 13.4. The van der Waals surface area contributed by atoms with E-state index in [-0.39, 0.29) is 5.91 Å². The summed E-state index contributed by atoms with van der Waals surface area (Å²) in [6.45, 7) is 3.89. The monoisotopic (exact) mass is 274 g/mol. The molecule has 0 saturated carbocycles. The first-order valence-corrected chi connectivity index (χ1v) is 6.30. The number of halogens is 1. The number of hydrogen-bond donors (Lipinski definition) is 2. The Morgan fingerprint density at radius 3 is 2.53 bits per heavy atom. The minimum Gasteiger partial charge on any atom is -0.397 e. The highest BCUT2D eigenvalue weighted by Gasteiger charge is 2.13. The van der Waals surface area contributed by atoms with E-state index in [0.29, 0.717) is 22.0 Å². The molecule has 0 saturated heterocycles. The Labute approximate surface area is 117 Å². The summed E-state index contributed by atoms with van der Waals surface area (Å²) in [7, 11) is 0. The molecule has 0 radical (unpaired) electrons. The van der Waals surface area contributed by atoms with Gasteiger partial charge in [-0.05, 0) is 43.2 Å². The van der Waals surface area contributed by atoms with Gasteiger partial charge in [0.05, 0.1) is 16.4 Å². The van der Waals surface area contributed by atoms with Gasteiger partial charge < -0.3 is 11.1 Å². The van der Waals surface area contributed by atoms with Crippen molar-refractivity contribution in [3.63, 3.8) is 0 Å². The van der Waals surface area contributed by atoms with Crippen LogP contribution in [0, 0.1) is 13.8 Å². The van der Waals surface area contributed by atoms with Gasteiger partial charge in [0.2, 0.25) is 0 Å². The van der Waals surface area contributed by atoms with E-state index in [2.05, 4.69) is 5.32 Å². The lowest BCUT2D eigenvalue weighted by atomic mass is 10.0. The standard InChI is InChI=1S/C15H15ClN2O/c1-9-5-3-6-11(10(9)2)15(19)18-14-12(16)7-4-8-13(14)17/h3-8H,17H2,1-2H3,(H,18,19). The van der Waals surface area contributed by atoms with Crippen LogP contribution < -0.4 is 11.1 Å². The Morgan fingerprint density at radius 2 is 1.84 bits per heavy atom. The summed E-state index contributed by atoms with van der Waals surface area (Å²) in [4.78, 5) is 12.3. The van der Waals surface area contributed by atoms with Gasteiger partial charge in [0, 0.05) is 5.56 Å². The van der Waals surface area contributed by atoms with E-state index in [1.807, 2.05) is 26.0 Å². The maximum atomic E-state index is 12.3. The molecular weight excluding hydrogens is 260 g/mol. The fourth-order valence-corrected chi connectivity index (χ4v) is 2.08. The third kappa shape index (κ3) is 2.71. The molecule has 2 aromatic rings. The Kier molecular flexibility index (Phi) is 3.76. The minimum absolute atomic E-state index is 0.207. The molecule has 0 fully saturated rings. The van der Waals surface area contributed by atoms with Crippen molar-refractivity contribution in [1.82, 2.24) is 0 Å². The van der Waals surface area contributed by atoms with Crippen molar-refractivity contribution in [1.29, 1.82) is 0 Å². The molecule has 2 aromatic carbocycles. The maximum Gasteiger partial charge on any atom is 0.256 e. The fraction of sp³-hybridized carbons (Fsp3) is 0.133. The molecule has 0 aliphatic heterocycles. The van der Waals surface area contributed by atoms with Crippen LogP contribution in [0.25, 0.3) is 0 Å². The number of nitrogen functional groups attached to an aromatic ring is 1. The summed E-state index contributed by atoms with van der Waals surface area (Å²) < 4.78 is 0. The average molecular weight is 275 g/mol. The van der Waals surface area contributed by atoms with Gasteiger partial charge in [-0.1, -0.05) is 29.8 Å². The van der Waals surface area contributed by atoms with Gasteiger partial charge in [-0.3, -0.25) is 4.79 Å². The van der Waals surface area contributed by atoms with Crippen molar-refractivity contribution < 1.29 is 4.79 Å². The van der Waals surface area contributed by atoms with Crippen molar-refractivity contribution in [2.75, 3.05) is 11.1 Å². The number of benzene rings is 2. The minimum atomic E-state index is -0.207. The van der Waals surface area contributed by atoms with Gasteiger partial charge in [-0.2, -0.15) is 0 Å². The summed E-state index contributed by atoms with van der Waals surface area (Å²) in [5.41, 5.74) is 9.36. The number of nitrogens with two attached hydrogens (primary N) is 1. The molecule has 0 heterocycles. The molecule has 0 bridgehead atoms. The molecule has 0 aliphatic rings. The SMILES string of the molecule is Cc1cccc(C(=O)Nc2c(N)cccc2Cl)c1C. The third-order valence-electron chi connectivity index (χ3n) is 3.13. The molecule has 3 nitrogen and oxygen atoms in total. The largest absolute Gasteiger partial charge is 0.397 e. The lowest BCUT2D eigenvalue weighted by Gasteiger charge is -2.12. The van der Waals surface area contributed by atoms with Crippen LogP contribution in [-0.4, -0.2) is 5.91 Å². The van der Waals surface area contributed by atoms with Crippen LogP contribution >= 0.6 is 11.6 Å².